The smallest absolute Gasteiger partial charge is 0.220 e. The third-order valence-electron chi connectivity index (χ3n) is 3.59. The molecule has 1 spiro atoms. The molecule has 2 aliphatic heterocycles. The molecule has 2 heterocycles. The second kappa shape index (κ2) is 3.20. The van der Waals surface area contributed by atoms with Gasteiger partial charge in [0, 0.05) is 30.6 Å². The van der Waals surface area contributed by atoms with E-state index >= 15 is 0 Å². The van der Waals surface area contributed by atoms with Crippen molar-refractivity contribution in [3.05, 3.63) is 29.6 Å². The summed E-state index contributed by atoms with van der Waals surface area (Å²) in [7, 11) is 0. The minimum atomic E-state index is -0.235. The summed E-state index contributed by atoms with van der Waals surface area (Å²) in [4.78, 5) is 11.4. The van der Waals surface area contributed by atoms with E-state index < -0.39 is 0 Å². The number of carbonyl (C=O) groups is 1. The monoisotopic (exact) mass is 220 g/mol. The lowest BCUT2D eigenvalue weighted by atomic mass is 9.74. The molecule has 1 aromatic rings. The van der Waals surface area contributed by atoms with Gasteiger partial charge in [-0.25, -0.2) is 4.39 Å². The second-order valence-electron chi connectivity index (χ2n) is 4.60. The van der Waals surface area contributed by atoms with Crippen LogP contribution in [0.4, 0.5) is 10.1 Å². The normalized spacial score (nSPS) is 27.4. The van der Waals surface area contributed by atoms with Crippen molar-refractivity contribution in [3.8, 4) is 0 Å². The summed E-state index contributed by atoms with van der Waals surface area (Å²) < 4.78 is 13.3. The summed E-state index contributed by atoms with van der Waals surface area (Å²) >= 11 is 0. The van der Waals surface area contributed by atoms with Crippen molar-refractivity contribution >= 4 is 11.6 Å². The predicted octanol–water partition coefficient (Wildman–Crippen LogP) is 1.40. The number of anilines is 1. The van der Waals surface area contributed by atoms with Crippen LogP contribution in [0.25, 0.3) is 0 Å². The molecular weight excluding hydrogens is 207 g/mol. The Hall–Kier alpha value is -1.58. The molecule has 1 atom stereocenters. The number of hydrogen-bond donors (Lipinski definition) is 2. The molecule has 84 valence electrons. The number of carbonyl (C=O) groups excluding carboxylic acids is 1. The van der Waals surface area contributed by atoms with Crippen LogP contribution in [0.2, 0.25) is 0 Å². The predicted molar refractivity (Wildman–Crippen MR) is 58.8 cm³/mol. The summed E-state index contributed by atoms with van der Waals surface area (Å²) in [5.74, 6) is -0.168. The highest BCUT2D eigenvalue weighted by Crippen LogP contribution is 2.41. The van der Waals surface area contributed by atoms with E-state index in [1.54, 1.807) is 12.1 Å². The van der Waals surface area contributed by atoms with Gasteiger partial charge in [-0.3, -0.25) is 4.79 Å². The molecule has 1 amide bonds. The highest BCUT2D eigenvalue weighted by molar-refractivity contribution is 5.82. The van der Waals surface area contributed by atoms with E-state index in [1.807, 2.05) is 0 Å². The molecule has 0 aliphatic carbocycles. The van der Waals surface area contributed by atoms with Crippen molar-refractivity contribution in [2.45, 2.75) is 18.3 Å². The van der Waals surface area contributed by atoms with E-state index in [2.05, 4.69) is 10.6 Å². The van der Waals surface area contributed by atoms with Crippen molar-refractivity contribution in [1.29, 1.82) is 0 Å². The van der Waals surface area contributed by atoms with Crippen LogP contribution in [-0.4, -0.2) is 19.0 Å². The Balaban J connectivity index is 2.11. The summed E-state index contributed by atoms with van der Waals surface area (Å²) in [6.07, 6.45) is 1.35. The van der Waals surface area contributed by atoms with Gasteiger partial charge in [-0.2, -0.15) is 0 Å². The molecule has 1 unspecified atom stereocenters. The van der Waals surface area contributed by atoms with Gasteiger partial charge < -0.3 is 10.6 Å². The van der Waals surface area contributed by atoms with Gasteiger partial charge in [0.25, 0.3) is 0 Å². The molecule has 1 fully saturated rings. The SMILES string of the molecule is O=C1CC2(CCNc3ccc(F)cc32)CN1. The Morgan fingerprint density at radius 1 is 1.31 bits per heavy atom. The Kier molecular flexibility index (Phi) is 1.93. The number of fused-ring (bicyclic) bond motifs is 2. The zero-order chi connectivity index (χ0) is 11.2. The van der Waals surface area contributed by atoms with Crippen LogP contribution in [0, 0.1) is 5.82 Å². The first kappa shape index (κ1) is 9.63. The maximum Gasteiger partial charge on any atom is 0.220 e. The topological polar surface area (TPSA) is 41.1 Å². The van der Waals surface area contributed by atoms with Crippen LogP contribution < -0.4 is 10.6 Å². The first-order valence-corrected chi connectivity index (χ1v) is 5.50. The Morgan fingerprint density at radius 3 is 2.94 bits per heavy atom. The van der Waals surface area contributed by atoms with E-state index in [1.165, 1.54) is 6.07 Å². The average Bonchev–Trinajstić information content (AvgIpc) is 2.63. The zero-order valence-corrected chi connectivity index (χ0v) is 8.85. The lowest BCUT2D eigenvalue weighted by Gasteiger charge is -2.34. The van der Waals surface area contributed by atoms with Crippen LogP contribution in [0.3, 0.4) is 0 Å². The van der Waals surface area contributed by atoms with Gasteiger partial charge in [0.15, 0.2) is 0 Å². The van der Waals surface area contributed by atoms with E-state index in [4.69, 9.17) is 0 Å². The lowest BCUT2D eigenvalue weighted by molar-refractivity contribution is -0.119. The van der Waals surface area contributed by atoms with Gasteiger partial charge in [0.2, 0.25) is 5.91 Å². The van der Waals surface area contributed by atoms with Crippen LogP contribution >= 0.6 is 0 Å². The molecule has 0 bridgehead atoms. The maximum absolute atomic E-state index is 13.3. The first-order chi connectivity index (χ1) is 7.70. The lowest BCUT2D eigenvalue weighted by Crippen LogP contribution is -2.36. The van der Waals surface area contributed by atoms with E-state index in [0.717, 1.165) is 24.2 Å². The molecule has 1 aromatic carbocycles. The molecule has 0 saturated carbocycles. The number of rotatable bonds is 0. The fraction of sp³-hybridized carbons (Fsp3) is 0.417. The Bertz CT molecular complexity index is 460. The maximum atomic E-state index is 13.3. The molecule has 16 heavy (non-hydrogen) atoms. The van der Waals surface area contributed by atoms with Crippen LogP contribution in [0.5, 0.6) is 0 Å². The highest BCUT2D eigenvalue weighted by Gasteiger charge is 2.43. The molecular formula is C12H13FN2O. The van der Waals surface area contributed by atoms with Gasteiger partial charge in [0.1, 0.15) is 5.82 Å². The molecule has 1 saturated heterocycles. The molecule has 0 radical (unpaired) electrons. The minimum Gasteiger partial charge on any atom is -0.385 e. The Labute approximate surface area is 93.0 Å². The number of nitrogens with one attached hydrogen (secondary N) is 2. The third-order valence-corrected chi connectivity index (χ3v) is 3.59. The van der Waals surface area contributed by atoms with Gasteiger partial charge in [-0.1, -0.05) is 0 Å². The van der Waals surface area contributed by atoms with Crippen LogP contribution in [-0.2, 0) is 10.2 Å². The van der Waals surface area contributed by atoms with Crippen molar-refractivity contribution in [1.82, 2.24) is 5.32 Å². The summed E-state index contributed by atoms with van der Waals surface area (Å²) in [6.45, 7) is 1.47. The molecule has 2 aliphatic rings. The van der Waals surface area contributed by atoms with Gasteiger partial charge >= 0.3 is 0 Å². The Morgan fingerprint density at radius 2 is 2.19 bits per heavy atom. The molecule has 2 N–H and O–H groups in total. The minimum absolute atomic E-state index is 0.0668. The van der Waals surface area contributed by atoms with Crippen LogP contribution in [0.15, 0.2) is 18.2 Å². The molecule has 3 rings (SSSR count). The van der Waals surface area contributed by atoms with Crippen molar-refractivity contribution < 1.29 is 9.18 Å². The van der Waals surface area contributed by atoms with E-state index in [-0.39, 0.29) is 17.1 Å². The van der Waals surface area contributed by atoms with Gasteiger partial charge in [0.05, 0.1) is 0 Å². The molecule has 0 aromatic heterocycles. The summed E-state index contributed by atoms with van der Waals surface area (Å²) in [5.41, 5.74) is 1.71. The second-order valence-corrected chi connectivity index (χ2v) is 4.60. The molecule has 3 nitrogen and oxygen atoms in total. The fourth-order valence-corrected chi connectivity index (χ4v) is 2.75. The summed E-state index contributed by atoms with van der Waals surface area (Å²) in [5, 5.41) is 6.10. The third kappa shape index (κ3) is 1.29. The van der Waals surface area contributed by atoms with Crippen molar-refractivity contribution in [3.63, 3.8) is 0 Å². The summed E-state index contributed by atoms with van der Waals surface area (Å²) in [6, 6.07) is 4.77. The van der Waals surface area contributed by atoms with Crippen molar-refractivity contribution in [2.24, 2.45) is 0 Å². The largest absolute Gasteiger partial charge is 0.385 e. The molecule has 4 heteroatoms. The average molecular weight is 220 g/mol. The van der Waals surface area contributed by atoms with Gasteiger partial charge in [-0.15, -0.1) is 0 Å². The van der Waals surface area contributed by atoms with Gasteiger partial charge in [-0.05, 0) is 30.2 Å². The van der Waals surface area contributed by atoms with E-state index in [9.17, 15) is 9.18 Å². The van der Waals surface area contributed by atoms with Crippen molar-refractivity contribution in [2.75, 3.05) is 18.4 Å². The quantitative estimate of drug-likeness (QED) is 0.694. The number of halogens is 1. The highest BCUT2D eigenvalue weighted by atomic mass is 19.1. The van der Waals surface area contributed by atoms with E-state index in [0.29, 0.717) is 13.0 Å². The number of benzene rings is 1. The standard InChI is InChI=1S/C12H13FN2O/c13-8-1-2-10-9(5-8)12(3-4-14-10)6-11(16)15-7-12/h1-2,5,14H,3-4,6-7H2,(H,15,16). The first-order valence-electron chi connectivity index (χ1n) is 5.50. The van der Waals surface area contributed by atoms with Crippen LogP contribution in [0.1, 0.15) is 18.4 Å². The zero-order valence-electron chi connectivity index (χ0n) is 8.85. The fourth-order valence-electron chi connectivity index (χ4n) is 2.75. The number of amides is 1. The number of hydrogen-bond acceptors (Lipinski definition) is 2.